The second-order valence-electron chi connectivity index (χ2n) is 5.85. The Labute approximate surface area is 132 Å². The normalized spacial score (nSPS) is 10.8. The van der Waals surface area contributed by atoms with E-state index in [-0.39, 0.29) is 0 Å². The summed E-state index contributed by atoms with van der Waals surface area (Å²) in [6.45, 7) is 6.10. The third-order valence-corrected chi connectivity index (χ3v) is 3.21. The minimum atomic E-state index is 0.660. The van der Waals surface area contributed by atoms with E-state index in [9.17, 15) is 0 Å². The Hall–Kier alpha value is -2.14. The summed E-state index contributed by atoms with van der Waals surface area (Å²) in [5.74, 6) is 1.46. The summed E-state index contributed by atoms with van der Waals surface area (Å²) in [7, 11) is 4.15. The van der Waals surface area contributed by atoms with Crippen LogP contribution in [-0.4, -0.2) is 42.1 Å². The van der Waals surface area contributed by atoms with Crippen molar-refractivity contribution in [2.75, 3.05) is 37.8 Å². The number of aryl methyl sites for hydroxylation is 2. The topological polar surface area (TPSA) is 53.1 Å². The van der Waals surface area contributed by atoms with E-state index in [1.807, 2.05) is 6.07 Å². The van der Waals surface area contributed by atoms with Crippen molar-refractivity contribution in [1.29, 1.82) is 0 Å². The van der Waals surface area contributed by atoms with Gasteiger partial charge in [-0.15, -0.1) is 0 Å². The smallest absolute Gasteiger partial charge is 0.224 e. The molecule has 0 bridgehead atoms. The number of rotatable bonds is 7. The number of nitrogens with one attached hydrogen (secondary N) is 2. The van der Waals surface area contributed by atoms with Crippen molar-refractivity contribution in [2.24, 2.45) is 0 Å². The predicted molar refractivity (Wildman–Crippen MR) is 92.9 cm³/mol. The van der Waals surface area contributed by atoms with Gasteiger partial charge in [0.05, 0.1) is 0 Å². The number of benzene rings is 1. The van der Waals surface area contributed by atoms with Crippen molar-refractivity contribution < 1.29 is 0 Å². The zero-order valence-electron chi connectivity index (χ0n) is 13.8. The SMILES string of the molecule is Cc1cc(C)cc(Nc2ccnc(NCCCN(C)C)n2)c1. The van der Waals surface area contributed by atoms with Crippen molar-refractivity contribution in [3.05, 3.63) is 41.6 Å². The van der Waals surface area contributed by atoms with Crippen LogP contribution in [0.5, 0.6) is 0 Å². The zero-order valence-corrected chi connectivity index (χ0v) is 13.8. The molecule has 0 unspecified atom stereocenters. The molecule has 5 heteroatoms. The first-order valence-electron chi connectivity index (χ1n) is 7.60. The lowest BCUT2D eigenvalue weighted by molar-refractivity contribution is 0.405. The molecule has 1 aromatic carbocycles. The van der Waals surface area contributed by atoms with E-state index < -0.39 is 0 Å². The lowest BCUT2D eigenvalue weighted by atomic mass is 10.1. The Bertz CT molecular complexity index is 589. The molecule has 2 rings (SSSR count). The van der Waals surface area contributed by atoms with Crippen LogP contribution in [0.3, 0.4) is 0 Å². The molecule has 0 atom stereocenters. The van der Waals surface area contributed by atoms with E-state index in [1.54, 1.807) is 6.20 Å². The summed E-state index contributed by atoms with van der Waals surface area (Å²) in [4.78, 5) is 10.9. The number of hydrogen-bond acceptors (Lipinski definition) is 5. The fourth-order valence-electron chi connectivity index (χ4n) is 2.30. The zero-order chi connectivity index (χ0) is 15.9. The molecule has 0 fully saturated rings. The number of nitrogens with zero attached hydrogens (tertiary/aromatic N) is 3. The van der Waals surface area contributed by atoms with E-state index in [0.717, 1.165) is 31.0 Å². The monoisotopic (exact) mass is 299 g/mol. The number of hydrogen-bond donors (Lipinski definition) is 2. The van der Waals surface area contributed by atoms with Crippen LogP contribution in [0, 0.1) is 13.8 Å². The molecule has 118 valence electrons. The fourth-order valence-corrected chi connectivity index (χ4v) is 2.30. The summed E-state index contributed by atoms with van der Waals surface area (Å²) in [6.07, 6.45) is 2.83. The summed E-state index contributed by atoms with van der Waals surface area (Å²) in [5, 5.41) is 6.60. The van der Waals surface area contributed by atoms with Crippen LogP contribution in [0.25, 0.3) is 0 Å². The molecule has 1 heterocycles. The molecular weight excluding hydrogens is 274 g/mol. The quantitative estimate of drug-likeness (QED) is 0.769. The van der Waals surface area contributed by atoms with Crippen LogP contribution >= 0.6 is 0 Å². The molecule has 0 aliphatic rings. The van der Waals surface area contributed by atoms with Gasteiger partial charge in [0.25, 0.3) is 0 Å². The molecule has 1 aromatic heterocycles. The molecule has 0 aliphatic carbocycles. The van der Waals surface area contributed by atoms with E-state index in [2.05, 4.69) is 71.6 Å². The molecule has 0 saturated carbocycles. The highest BCUT2D eigenvalue weighted by molar-refractivity contribution is 5.58. The molecule has 0 amide bonds. The van der Waals surface area contributed by atoms with Gasteiger partial charge in [0, 0.05) is 18.4 Å². The minimum absolute atomic E-state index is 0.660. The molecule has 0 radical (unpaired) electrons. The Morgan fingerprint density at radius 3 is 2.50 bits per heavy atom. The Kier molecular flexibility index (Phi) is 5.72. The van der Waals surface area contributed by atoms with Crippen molar-refractivity contribution in [1.82, 2.24) is 14.9 Å². The van der Waals surface area contributed by atoms with Gasteiger partial charge in [0.15, 0.2) is 0 Å². The average Bonchev–Trinajstić information content (AvgIpc) is 2.43. The molecular formula is C17H25N5. The third-order valence-electron chi connectivity index (χ3n) is 3.21. The van der Waals surface area contributed by atoms with Crippen LogP contribution in [-0.2, 0) is 0 Å². The fraction of sp³-hybridized carbons (Fsp3) is 0.412. The molecule has 2 N–H and O–H groups in total. The van der Waals surface area contributed by atoms with Crippen LogP contribution in [0.2, 0.25) is 0 Å². The van der Waals surface area contributed by atoms with Gasteiger partial charge in [-0.2, -0.15) is 4.98 Å². The van der Waals surface area contributed by atoms with Gasteiger partial charge in [0.2, 0.25) is 5.95 Å². The van der Waals surface area contributed by atoms with E-state index in [4.69, 9.17) is 0 Å². The third kappa shape index (κ3) is 5.33. The van der Waals surface area contributed by atoms with Crippen molar-refractivity contribution in [3.8, 4) is 0 Å². The largest absolute Gasteiger partial charge is 0.354 e. The van der Waals surface area contributed by atoms with Crippen LogP contribution < -0.4 is 10.6 Å². The highest BCUT2D eigenvalue weighted by atomic mass is 15.1. The number of aromatic nitrogens is 2. The Morgan fingerprint density at radius 1 is 1.09 bits per heavy atom. The van der Waals surface area contributed by atoms with E-state index in [1.165, 1.54) is 11.1 Å². The average molecular weight is 299 g/mol. The summed E-state index contributed by atoms with van der Waals surface area (Å²) >= 11 is 0. The second kappa shape index (κ2) is 7.75. The maximum atomic E-state index is 4.50. The maximum Gasteiger partial charge on any atom is 0.224 e. The Morgan fingerprint density at radius 2 is 1.82 bits per heavy atom. The van der Waals surface area contributed by atoms with Gasteiger partial charge in [-0.25, -0.2) is 4.98 Å². The molecule has 0 spiro atoms. The van der Waals surface area contributed by atoms with Gasteiger partial charge in [-0.1, -0.05) is 6.07 Å². The van der Waals surface area contributed by atoms with Gasteiger partial charge in [0.1, 0.15) is 5.82 Å². The first-order chi connectivity index (χ1) is 10.5. The van der Waals surface area contributed by atoms with Gasteiger partial charge >= 0.3 is 0 Å². The van der Waals surface area contributed by atoms with Gasteiger partial charge < -0.3 is 15.5 Å². The highest BCUT2D eigenvalue weighted by Gasteiger charge is 2.01. The van der Waals surface area contributed by atoms with Crippen LogP contribution in [0.4, 0.5) is 17.5 Å². The molecule has 5 nitrogen and oxygen atoms in total. The van der Waals surface area contributed by atoms with Crippen molar-refractivity contribution in [2.45, 2.75) is 20.3 Å². The molecule has 0 saturated heterocycles. The standard InChI is InChI=1S/C17H25N5/c1-13-10-14(2)12-15(11-13)20-16-6-8-19-17(21-16)18-7-5-9-22(3)4/h6,8,10-12H,5,7,9H2,1-4H3,(H2,18,19,20,21). The summed E-state index contributed by atoms with van der Waals surface area (Å²) in [5.41, 5.74) is 3.52. The first kappa shape index (κ1) is 16.2. The molecule has 0 aliphatic heterocycles. The van der Waals surface area contributed by atoms with Gasteiger partial charge in [-0.3, -0.25) is 0 Å². The highest BCUT2D eigenvalue weighted by Crippen LogP contribution is 2.18. The second-order valence-corrected chi connectivity index (χ2v) is 5.85. The van der Waals surface area contributed by atoms with Gasteiger partial charge in [-0.05, 0) is 70.2 Å². The summed E-state index contributed by atoms with van der Waals surface area (Å²) in [6, 6.07) is 8.25. The molecule has 22 heavy (non-hydrogen) atoms. The lowest BCUT2D eigenvalue weighted by Gasteiger charge is -2.11. The van der Waals surface area contributed by atoms with E-state index >= 15 is 0 Å². The van der Waals surface area contributed by atoms with Crippen molar-refractivity contribution in [3.63, 3.8) is 0 Å². The summed E-state index contributed by atoms with van der Waals surface area (Å²) < 4.78 is 0. The van der Waals surface area contributed by atoms with Crippen LogP contribution in [0.15, 0.2) is 30.5 Å². The molecule has 2 aromatic rings. The number of anilines is 3. The Balaban J connectivity index is 1.96. The van der Waals surface area contributed by atoms with Crippen molar-refractivity contribution >= 4 is 17.5 Å². The van der Waals surface area contributed by atoms with Crippen LogP contribution in [0.1, 0.15) is 17.5 Å². The lowest BCUT2D eigenvalue weighted by Crippen LogP contribution is -2.17. The first-order valence-corrected chi connectivity index (χ1v) is 7.60. The minimum Gasteiger partial charge on any atom is -0.354 e. The van der Waals surface area contributed by atoms with E-state index in [0.29, 0.717) is 5.95 Å². The maximum absolute atomic E-state index is 4.50. The predicted octanol–water partition coefficient (Wildman–Crippen LogP) is 3.20.